The number of amides is 2. The molecular formula is C24H28N2O7. The maximum absolute atomic E-state index is 13.1. The van der Waals surface area contributed by atoms with Crippen LogP contribution >= 0.6 is 0 Å². The van der Waals surface area contributed by atoms with Gasteiger partial charge in [0.05, 0.1) is 11.7 Å². The summed E-state index contributed by atoms with van der Waals surface area (Å²) in [6, 6.07) is 1.40. The largest absolute Gasteiger partial charge is 0.506 e. The molecule has 2 amide bonds. The second kappa shape index (κ2) is 6.96. The second-order valence-corrected chi connectivity index (χ2v) is 10.4. The number of carbonyl (C=O) groups is 3. The predicted molar refractivity (Wildman–Crippen MR) is 117 cm³/mol. The minimum Gasteiger partial charge on any atom is -0.506 e. The number of rotatable bonds is 5. The van der Waals surface area contributed by atoms with Gasteiger partial charge in [-0.3, -0.25) is 4.79 Å². The van der Waals surface area contributed by atoms with E-state index in [-0.39, 0.29) is 41.1 Å². The first-order valence-corrected chi connectivity index (χ1v) is 11.2. The van der Waals surface area contributed by atoms with Crippen molar-refractivity contribution < 1.29 is 34.4 Å². The van der Waals surface area contributed by atoms with E-state index in [1.165, 1.54) is 0 Å². The third-order valence-electron chi connectivity index (χ3n) is 8.47. The molecule has 2 saturated carbocycles. The smallest absolute Gasteiger partial charge is 0.339 e. The highest BCUT2D eigenvalue weighted by molar-refractivity contribution is 5.99. The van der Waals surface area contributed by atoms with Crippen molar-refractivity contribution in [1.82, 2.24) is 5.32 Å². The zero-order chi connectivity index (χ0) is 23.8. The topological polar surface area (TPSA) is 145 Å². The normalized spacial score (nSPS) is 37.8. The van der Waals surface area contributed by atoms with Crippen LogP contribution in [0.5, 0.6) is 11.5 Å². The first-order valence-electron chi connectivity index (χ1n) is 11.2. The molecule has 9 heteroatoms. The molecule has 0 unspecified atom stereocenters. The van der Waals surface area contributed by atoms with Crippen molar-refractivity contribution in [3.63, 3.8) is 0 Å². The quantitative estimate of drug-likeness (QED) is 0.428. The van der Waals surface area contributed by atoms with Crippen LogP contribution in [0.15, 0.2) is 24.3 Å². The number of hydrogen-bond donors (Lipinski definition) is 5. The Morgan fingerprint density at radius 3 is 2.70 bits per heavy atom. The van der Waals surface area contributed by atoms with Crippen LogP contribution in [0.2, 0.25) is 0 Å². The number of phenols is 2. The first-order chi connectivity index (χ1) is 15.5. The molecule has 33 heavy (non-hydrogen) atoms. The second-order valence-electron chi connectivity index (χ2n) is 10.4. The Labute approximate surface area is 190 Å². The van der Waals surface area contributed by atoms with Crippen molar-refractivity contribution in [1.29, 1.82) is 0 Å². The van der Waals surface area contributed by atoms with Crippen LogP contribution in [0, 0.1) is 22.7 Å². The van der Waals surface area contributed by atoms with E-state index in [0.717, 1.165) is 31.4 Å². The Morgan fingerprint density at radius 2 is 2.00 bits per heavy atom. The summed E-state index contributed by atoms with van der Waals surface area (Å²) in [4.78, 5) is 36.7. The van der Waals surface area contributed by atoms with Crippen molar-refractivity contribution >= 4 is 23.5 Å². The van der Waals surface area contributed by atoms with Crippen LogP contribution in [0.3, 0.4) is 0 Å². The number of urea groups is 1. The first kappa shape index (κ1) is 21.8. The number of ether oxygens (including phenoxy) is 1. The zero-order valence-corrected chi connectivity index (χ0v) is 18.6. The summed E-state index contributed by atoms with van der Waals surface area (Å²) in [5, 5.41) is 34.1. The average Bonchev–Trinajstić information content (AvgIpc) is 3.09. The van der Waals surface area contributed by atoms with Gasteiger partial charge in [-0.05, 0) is 62.1 Å². The summed E-state index contributed by atoms with van der Waals surface area (Å²) in [6.07, 6.45) is 7.16. The van der Waals surface area contributed by atoms with Crippen LogP contribution in [-0.4, -0.2) is 51.4 Å². The molecule has 176 valence electrons. The van der Waals surface area contributed by atoms with Gasteiger partial charge in [-0.1, -0.05) is 13.0 Å². The highest BCUT2D eigenvalue weighted by Gasteiger charge is 2.71. The van der Waals surface area contributed by atoms with Gasteiger partial charge < -0.3 is 30.7 Å². The fourth-order valence-corrected chi connectivity index (χ4v) is 7.11. The Hall–Kier alpha value is -3.07. The summed E-state index contributed by atoms with van der Waals surface area (Å²) in [5.74, 6) is -1.98. The number of hydrogen-bond acceptors (Lipinski definition) is 6. The van der Waals surface area contributed by atoms with Crippen molar-refractivity contribution in [2.45, 2.75) is 51.2 Å². The Morgan fingerprint density at radius 1 is 1.24 bits per heavy atom. The van der Waals surface area contributed by atoms with E-state index in [2.05, 4.69) is 23.6 Å². The molecule has 1 aromatic carbocycles. The standard InChI is InChI=1S/C24H28N2O7/c1-22(7-8-25-21(32)26-17-14(27)4-3-13(18(17)29)20(30)31)16(28)5-6-24-10-12-9-15(19(22)24)33-23(12,2)11-24/h3-6,12,15,19,27,29H,7-11H2,1-2H3,(H,30,31)(H2,25,26,32)/t12-,15+,19+,22-,23+,24+/m1/s1. The van der Waals surface area contributed by atoms with Crippen LogP contribution < -0.4 is 10.6 Å². The highest BCUT2D eigenvalue weighted by atomic mass is 16.5. The third-order valence-corrected chi connectivity index (χ3v) is 8.47. The van der Waals surface area contributed by atoms with Gasteiger partial charge in [-0.15, -0.1) is 0 Å². The van der Waals surface area contributed by atoms with E-state index in [1.54, 1.807) is 6.08 Å². The van der Waals surface area contributed by atoms with E-state index in [0.29, 0.717) is 12.3 Å². The van der Waals surface area contributed by atoms with Crippen LogP contribution in [0.25, 0.3) is 0 Å². The Balaban J connectivity index is 1.28. The SMILES string of the molecule is C[C@]12C[C@@]34C=CC(=O)[C@@](C)(CCNC(=O)Nc5c(O)ccc(C(=O)O)c5O)[C@@H]3[C@H](C[C@@H]1C4)O2. The summed E-state index contributed by atoms with van der Waals surface area (Å²) in [7, 11) is 0. The summed E-state index contributed by atoms with van der Waals surface area (Å²) in [5.41, 5.74) is -1.67. The van der Waals surface area contributed by atoms with Crippen LogP contribution in [0.1, 0.15) is 49.9 Å². The molecule has 1 spiro atoms. The molecule has 9 nitrogen and oxygen atoms in total. The molecule has 5 aliphatic rings. The summed E-state index contributed by atoms with van der Waals surface area (Å²) in [6.45, 7) is 4.32. The van der Waals surface area contributed by atoms with Crippen molar-refractivity contribution in [2.75, 3.05) is 11.9 Å². The maximum Gasteiger partial charge on any atom is 0.339 e. The molecule has 3 aliphatic carbocycles. The fraction of sp³-hybridized carbons (Fsp3) is 0.542. The van der Waals surface area contributed by atoms with E-state index in [4.69, 9.17) is 9.84 Å². The molecule has 0 aromatic heterocycles. The van der Waals surface area contributed by atoms with Gasteiger partial charge in [0.2, 0.25) is 0 Å². The fourth-order valence-electron chi connectivity index (χ4n) is 7.11. The van der Waals surface area contributed by atoms with Crippen LogP contribution in [0.4, 0.5) is 10.5 Å². The van der Waals surface area contributed by atoms with E-state index in [9.17, 15) is 24.6 Å². The molecule has 6 atom stereocenters. The predicted octanol–water partition coefficient (Wildman–Crippen LogP) is 3.03. The number of anilines is 1. The molecule has 1 aromatic rings. The number of carboxylic acid groups (broad SMARTS) is 1. The molecule has 6 rings (SSSR count). The Bertz CT molecular complexity index is 1100. The number of aromatic carboxylic acids is 1. The number of carboxylic acids is 1. The molecular weight excluding hydrogens is 428 g/mol. The lowest BCUT2D eigenvalue weighted by Crippen LogP contribution is -2.57. The minimum absolute atomic E-state index is 0.0304. The zero-order valence-electron chi connectivity index (χ0n) is 18.6. The van der Waals surface area contributed by atoms with Gasteiger partial charge in [0.15, 0.2) is 11.5 Å². The molecule has 4 bridgehead atoms. The van der Waals surface area contributed by atoms with Gasteiger partial charge in [-0.2, -0.15) is 0 Å². The number of aromatic hydroxyl groups is 2. The van der Waals surface area contributed by atoms with Crippen molar-refractivity contribution in [3.8, 4) is 11.5 Å². The van der Waals surface area contributed by atoms with E-state index >= 15 is 0 Å². The third kappa shape index (κ3) is 3.05. The van der Waals surface area contributed by atoms with E-state index < -0.39 is 34.5 Å². The molecule has 2 saturated heterocycles. The van der Waals surface area contributed by atoms with Gasteiger partial charge in [0.1, 0.15) is 17.0 Å². The lowest BCUT2D eigenvalue weighted by molar-refractivity contribution is -0.168. The van der Waals surface area contributed by atoms with Gasteiger partial charge >= 0.3 is 12.0 Å². The lowest BCUT2D eigenvalue weighted by Gasteiger charge is -2.55. The summed E-state index contributed by atoms with van der Waals surface area (Å²) < 4.78 is 6.42. The molecule has 0 radical (unpaired) electrons. The van der Waals surface area contributed by atoms with Crippen molar-refractivity contribution in [3.05, 3.63) is 29.8 Å². The number of benzene rings is 1. The monoisotopic (exact) mass is 456 g/mol. The van der Waals surface area contributed by atoms with Crippen molar-refractivity contribution in [2.24, 2.45) is 22.7 Å². The molecule has 2 aliphatic heterocycles. The Kier molecular flexibility index (Phi) is 4.59. The lowest BCUT2D eigenvalue weighted by atomic mass is 9.51. The highest BCUT2D eigenvalue weighted by Crippen LogP contribution is 2.71. The average molecular weight is 456 g/mol. The maximum atomic E-state index is 13.1. The number of ketones is 1. The minimum atomic E-state index is -1.39. The van der Waals surface area contributed by atoms with Gasteiger partial charge in [0.25, 0.3) is 0 Å². The van der Waals surface area contributed by atoms with Gasteiger partial charge in [-0.25, -0.2) is 9.59 Å². The summed E-state index contributed by atoms with van der Waals surface area (Å²) >= 11 is 0. The number of nitrogens with one attached hydrogen (secondary N) is 2. The molecule has 4 fully saturated rings. The number of phenolic OH excluding ortho intramolecular Hbond substituents is 1. The van der Waals surface area contributed by atoms with Gasteiger partial charge in [0, 0.05) is 17.9 Å². The molecule has 5 N–H and O–H groups in total. The molecule has 2 heterocycles. The van der Waals surface area contributed by atoms with E-state index in [1.807, 2.05) is 6.92 Å². The van der Waals surface area contributed by atoms with Crippen LogP contribution in [-0.2, 0) is 9.53 Å². The number of allylic oxidation sites excluding steroid dienone is 2. The number of carbonyl (C=O) groups excluding carboxylic acids is 2.